The summed E-state index contributed by atoms with van der Waals surface area (Å²) in [7, 11) is 3.25. The fraction of sp³-hybridized carbons (Fsp3) is 0.533. The van der Waals surface area contributed by atoms with E-state index in [4.69, 9.17) is 0 Å². The lowest BCUT2D eigenvalue weighted by atomic mass is 9.91. The molecule has 0 saturated heterocycles. The molecule has 0 atom stereocenters. The van der Waals surface area contributed by atoms with Crippen LogP contribution in [0.4, 0.5) is 0 Å². The molecule has 0 amide bonds. The fourth-order valence-electron chi connectivity index (χ4n) is 1.83. The van der Waals surface area contributed by atoms with Crippen LogP contribution < -0.4 is 0 Å². The highest BCUT2D eigenvalue weighted by atomic mass is 16.4. The molecule has 17 heavy (non-hydrogen) atoms. The highest BCUT2D eigenvalue weighted by Crippen LogP contribution is 2.21. The van der Waals surface area contributed by atoms with Crippen molar-refractivity contribution in [3.63, 3.8) is 0 Å². The minimum absolute atomic E-state index is 0.815. The highest BCUT2D eigenvalue weighted by Gasteiger charge is 2.08. The molecule has 0 aromatic heterocycles. The van der Waals surface area contributed by atoms with E-state index in [0.717, 1.165) is 18.3 Å². The lowest BCUT2D eigenvalue weighted by molar-refractivity contribution is 0.112. The molecule has 0 spiro atoms. The van der Waals surface area contributed by atoms with Gasteiger partial charge in [0, 0.05) is 19.8 Å². The largest absolute Gasteiger partial charge is 0.388 e. The average molecular weight is 236 g/mol. The molecule has 2 rings (SSSR count). The van der Waals surface area contributed by atoms with E-state index in [0.29, 0.717) is 0 Å². The van der Waals surface area contributed by atoms with Crippen LogP contribution >= 0.6 is 0 Å². The van der Waals surface area contributed by atoms with E-state index in [1.165, 1.54) is 30.4 Å². The van der Waals surface area contributed by atoms with Crippen molar-refractivity contribution in [3.05, 3.63) is 34.9 Å². The van der Waals surface area contributed by atoms with Crippen molar-refractivity contribution in [1.29, 1.82) is 0 Å². The first-order valence-corrected chi connectivity index (χ1v) is 6.29. The Labute approximate surface area is 105 Å². The molecule has 0 radical (unpaired) electrons. The lowest BCUT2D eigenvalue weighted by Crippen LogP contribution is -2.02. The Hall–Kier alpha value is -1.15. The van der Waals surface area contributed by atoms with E-state index in [9.17, 15) is 4.79 Å². The second-order valence-electron chi connectivity index (χ2n) is 3.76. The summed E-state index contributed by atoms with van der Waals surface area (Å²) >= 11 is 0. The number of hydrogen-bond donors (Lipinski definition) is 0. The quantitative estimate of drug-likeness (QED) is 0.695. The molecule has 96 valence electrons. The summed E-state index contributed by atoms with van der Waals surface area (Å²) < 4.78 is 4.25. The van der Waals surface area contributed by atoms with Crippen molar-refractivity contribution in [2.45, 2.75) is 39.5 Å². The molecule has 1 aliphatic rings. The van der Waals surface area contributed by atoms with E-state index in [-0.39, 0.29) is 0 Å². The van der Waals surface area contributed by atoms with Crippen molar-refractivity contribution in [2.24, 2.45) is 0 Å². The Morgan fingerprint density at radius 3 is 2.12 bits per heavy atom. The summed E-state index contributed by atoms with van der Waals surface area (Å²) in [5.41, 5.74) is 3.63. The maximum Gasteiger partial charge on any atom is 0.150 e. The van der Waals surface area contributed by atoms with Crippen LogP contribution in [0, 0.1) is 0 Å². The van der Waals surface area contributed by atoms with Crippen LogP contribution in [0.5, 0.6) is 0 Å². The molecule has 0 aliphatic heterocycles. The van der Waals surface area contributed by atoms with Crippen molar-refractivity contribution < 1.29 is 9.53 Å². The number of carbonyl (C=O) groups is 1. The smallest absolute Gasteiger partial charge is 0.150 e. The minimum atomic E-state index is 0.815. The Bertz CT molecular complexity index is 319. The first kappa shape index (κ1) is 15.9. The summed E-state index contributed by atoms with van der Waals surface area (Å²) in [4.78, 5) is 10.5. The summed E-state index contributed by atoms with van der Waals surface area (Å²) in [5.74, 6) is 0. The molecule has 0 N–H and O–H groups in total. The molecule has 2 nitrogen and oxygen atoms in total. The second-order valence-corrected chi connectivity index (χ2v) is 3.76. The number of carbonyl (C=O) groups excluding carboxylic acids is 1. The van der Waals surface area contributed by atoms with Crippen LogP contribution in [-0.4, -0.2) is 20.5 Å². The van der Waals surface area contributed by atoms with Gasteiger partial charge in [0.1, 0.15) is 6.29 Å². The van der Waals surface area contributed by atoms with E-state index in [1.807, 2.05) is 26.0 Å². The molecule has 0 saturated carbocycles. The van der Waals surface area contributed by atoms with Gasteiger partial charge in [0.2, 0.25) is 0 Å². The Morgan fingerprint density at radius 1 is 1.06 bits per heavy atom. The molecule has 1 aromatic rings. The van der Waals surface area contributed by atoms with Crippen molar-refractivity contribution >= 4 is 6.29 Å². The first-order chi connectivity index (χ1) is 8.31. The topological polar surface area (TPSA) is 26.3 Å². The standard InChI is InChI=1S/C11H12O.C2H6O.C2H6/c12-8-9-5-6-10-3-1-2-4-11(10)7-9;1-3-2;1-2/h5-8H,1-4H2;1-2H3;1-2H3. The van der Waals surface area contributed by atoms with Gasteiger partial charge < -0.3 is 4.74 Å². The van der Waals surface area contributed by atoms with E-state index < -0.39 is 0 Å². The van der Waals surface area contributed by atoms with Crippen molar-refractivity contribution in [3.8, 4) is 0 Å². The molecule has 0 heterocycles. The summed E-state index contributed by atoms with van der Waals surface area (Å²) in [6.45, 7) is 4.00. The van der Waals surface area contributed by atoms with Crippen LogP contribution in [0.1, 0.15) is 48.2 Å². The number of aryl methyl sites for hydroxylation is 2. The van der Waals surface area contributed by atoms with E-state index in [1.54, 1.807) is 14.2 Å². The van der Waals surface area contributed by atoms with Crippen LogP contribution in [-0.2, 0) is 17.6 Å². The minimum Gasteiger partial charge on any atom is -0.388 e. The zero-order chi connectivity index (χ0) is 13.1. The van der Waals surface area contributed by atoms with Gasteiger partial charge in [-0.1, -0.05) is 26.0 Å². The number of aldehydes is 1. The third kappa shape index (κ3) is 5.64. The predicted molar refractivity (Wildman–Crippen MR) is 72.8 cm³/mol. The number of hydrogen-bond acceptors (Lipinski definition) is 2. The van der Waals surface area contributed by atoms with Gasteiger partial charge in [0.05, 0.1) is 0 Å². The number of ether oxygens (including phenoxy) is 1. The molecule has 0 bridgehead atoms. The van der Waals surface area contributed by atoms with Crippen molar-refractivity contribution in [1.82, 2.24) is 0 Å². The van der Waals surface area contributed by atoms with Gasteiger partial charge in [-0.05, 0) is 42.9 Å². The van der Waals surface area contributed by atoms with Gasteiger partial charge in [-0.25, -0.2) is 0 Å². The van der Waals surface area contributed by atoms with Crippen LogP contribution in [0.15, 0.2) is 18.2 Å². The average Bonchev–Trinajstić information content (AvgIpc) is 2.41. The zero-order valence-corrected chi connectivity index (χ0v) is 11.5. The van der Waals surface area contributed by atoms with E-state index >= 15 is 0 Å². The van der Waals surface area contributed by atoms with Crippen molar-refractivity contribution in [2.75, 3.05) is 14.2 Å². The Morgan fingerprint density at radius 2 is 1.59 bits per heavy atom. The molecule has 2 heteroatoms. The molecular formula is C15H24O2. The van der Waals surface area contributed by atoms with Crippen LogP contribution in [0.25, 0.3) is 0 Å². The summed E-state index contributed by atoms with van der Waals surface area (Å²) in [6.07, 6.45) is 5.84. The van der Waals surface area contributed by atoms with Gasteiger partial charge >= 0.3 is 0 Å². The molecule has 0 fully saturated rings. The molecule has 1 aliphatic carbocycles. The van der Waals surface area contributed by atoms with E-state index in [2.05, 4.69) is 10.8 Å². The maximum absolute atomic E-state index is 10.5. The van der Waals surface area contributed by atoms with Gasteiger partial charge in [0.25, 0.3) is 0 Å². The van der Waals surface area contributed by atoms with Gasteiger partial charge in [0.15, 0.2) is 0 Å². The molecule has 0 unspecified atom stereocenters. The Kier molecular flexibility index (Phi) is 9.35. The fourth-order valence-corrected chi connectivity index (χ4v) is 1.83. The monoisotopic (exact) mass is 236 g/mol. The Balaban J connectivity index is 0.000000450. The van der Waals surface area contributed by atoms with Gasteiger partial charge in [-0.2, -0.15) is 0 Å². The summed E-state index contributed by atoms with van der Waals surface area (Å²) in [5, 5.41) is 0. The number of methoxy groups -OCH3 is 1. The van der Waals surface area contributed by atoms with Crippen LogP contribution in [0.3, 0.4) is 0 Å². The zero-order valence-electron chi connectivity index (χ0n) is 11.5. The third-order valence-corrected chi connectivity index (χ3v) is 2.51. The normalized spacial score (nSPS) is 12.2. The first-order valence-electron chi connectivity index (χ1n) is 6.29. The van der Waals surface area contributed by atoms with Gasteiger partial charge in [-0.3, -0.25) is 4.79 Å². The molecular weight excluding hydrogens is 212 g/mol. The lowest BCUT2D eigenvalue weighted by Gasteiger charge is -2.15. The number of benzene rings is 1. The second kappa shape index (κ2) is 10.0. The summed E-state index contributed by atoms with van der Waals surface area (Å²) in [6, 6.07) is 6.04. The van der Waals surface area contributed by atoms with Crippen LogP contribution in [0.2, 0.25) is 0 Å². The highest BCUT2D eigenvalue weighted by molar-refractivity contribution is 5.75. The molecule has 1 aromatic carbocycles. The number of fused-ring (bicyclic) bond motifs is 1. The number of rotatable bonds is 1. The van der Waals surface area contributed by atoms with Gasteiger partial charge in [-0.15, -0.1) is 0 Å². The predicted octanol–water partition coefficient (Wildman–Crippen LogP) is 3.67. The maximum atomic E-state index is 10.5. The third-order valence-electron chi connectivity index (χ3n) is 2.51. The SMILES string of the molecule is CC.COC.O=Cc1ccc2c(c1)CCCC2.